The molecule has 118 valence electrons. The van der Waals surface area contributed by atoms with Crippen molar-refractivity contribution in [1.82, 2.24) is 15.0 Å². The summed E-state index contributed by atoms with van der Waals surface area (Å²) in [5.41, 5.74) is 0.686. The molecule has 2 aromatic rings. The highest BCUT2D eigenvalue weighted by Gasteiger charge is 2.33. The van der Waals surface area contributed by atoms with Gasteiger partial charge in [0.2, 0.25) is 13.5 Å². The second-order valence-electron chi connectivity index (χ2n) is 3.94. The Morgan fingerprint density at radius 3 is 1.86 bits per heavy atom. The fraction of sp³-hybridized carbons (Fsp3) is 0.182. The second kappa shape index (κ2) is 7.01. The van der Waals surface area contributed by atoms with Gasteiger partial charge >= 0.3 is 0 Å². The number of nitrogens with one attached hydrogen (secondary N) is 1. The van der Waals surface area contributed by atoms with Crippen LogP contribution in [0.4, 0.5) is 11.6 Å². The van der Waals surface area contributed by atoms with Gasteiger partial charge in [-0.2, -0.15) is 9.97 Å². The molecule has 0 unspecified atom stereocenters. The van der Waals surface area contributed by atoms with Gasteiger partial charge in [-0.25, -0.2) is 4.98 Å². The van der Waals surface area contributed by atoms with E-state index in [9.17, 15) is 0 Å². The topological polar surface area (TPSA) is 50.7 Å². The number of halogens is 7. The van der Waals surface area contributed by atoms with Crippen molar-refractivity contribution in [2.24, 2.45) is 0 Å². The highest BCUT2D eigenvalue weighted by molar-refractivity contribution is 9.10. The quantitative estimate of drug-likeness (QED) is 0.528. The number of alkyl halides is 6. The van der Waals surface area contributed by atoms with Crippen LogP contribution >= 0.6 is 85.5 Å². The van der Waals surface area contributed by atoms with E-state index < -0.39 is 7.59 Å². The largest absolute Gasteiger partial charge is 0.324 e. The van der Waals surface area contributed by atoms with Crippen LogP contribution in [0.2, 0.25) is 0 Å². The molecular weight excluding hydrogens is 481 g/mol. The van der Waals surface area contributed by atoms with Gasteiger partial charge in [0.1, 0.15) is 0 Å². The zero-order valence-corrected chi connectivity index (χ0v) is 16.4. The van der Waals surface area contributed by atoms with Crippen LogP contribution in [-0.4, -0.2) is 15.0 Å². The van der Waals surface area contributed by atoms with Crippen molar-refractivity contribution in [3.05, 3.63) is 40.4 Å². The Balaban J connectivity index is 2.46. The fourth-order valence-corrected chi connectivity index (χ4v) is 2.29. The minimum Gasteiger partial charge on any atom is -0.324 e. The lowest BCUT2D eigenvalue weighted by atomic mass is 10.3. The normalized spacial score (nSPS) is 12.3. The maximum Gasteiger partial charge on any atom is 0.250 e. The minimum absolute atomic E-state index is 0.0794. The molecule has 0 bridgehead atoms. The molecule has 0 fully saturated rings. The zero-order chi connectivity index (χ0) is 16.5. The first kappa shape index (κ1) is 18.6. The van der Waals surface area contributed by atoms with Crippen molar-refractivity contribution in [1.29, 1.82) is 0 Å². The van der Waals surface area contributed by atoms with Crippen LogP contribution in [0.1, 0.15) is 11.6 Å². The molecule has 1 aromatic heterocycles. The standard InChI is InChI=1S/C11H5BrCl6N4/c12-5-2-1-3-6(4-5)19-9-21-7(10(13,14)15)20-8(22-9)11(16,17)18/h1-4H,(H,19,20,21,22). The molecule has 1 N–H and O–H groups in total. The SMILES string of the molecule is ClC(Cl)(Cl)c1nc(Nc2cccc(Br)c2)nc(C(Cl)(Cl)Cl)n1. The summed E-state index contributed by atoms with van der Waals surface area (Å²) < 4.78 is -2.92. The Labute approximate surface area is 164 Å². The van der Waals surface area contributed by atoms with Gasteiger partial charge in [0, 0.05) is 10.2 Å². The van der Waals surface area contributed by atoms with E-state index in [1.807, 2.05) is 12.1 Å². The third-order valence-electron chi connectivity index (χ3n) is 2.22. The van der Waals surface area contributed by atoms with E-state index in [0.29, 0.717) is 5.69 Å². The first-order valence-corrected chi connectivity index (χ1v) is 8.55. The molecule has 1 heterocycles. The van der Waals surface area contributed by atoms with Gasteiger partial charge in [0.25, 0.3) is 0 Å². The average Bonchev–Trinajstić information content (AvgIpc) is 2.36. The van der Waals surface area contributed by atoms with E-state index in [-0.39, 0.29) is 17.6 Å². The summed E-state index contributed by atoms with van der Waals surface area (Å²) in [6, 6.07) is 7.27. The first-order chi connectivity index (χ1) is 10.1. The zero-order valence-electron chi connectivity index (χ0n) is 10.3. The van der Waals surface area contributed by atoms with E-state index in [0.717, 1.165) is 4.47 Å². The average molecular weight is 486 g/mol. The summed E-state index contributed by atoms with van der Waals surface area (Å²) in [5, 5.41) is 2.93. The van der Waals surface area contributed by atoms with Gasteiger partial charge < -0.3 is 5.32 Å². The Morgan fingerprint density at radius 2 is 1.41 bits per heavy atom. The van der Waals surface area contributed by atoms with Crippen molar-refractivity contribution >= 4 is 97.2 Å². The van der Waals surface area contributed by atoms with Gasteiger partial charge in [-0.3, -0.25) is 0 Å². The Hall–Kier alpha value is 0.250. The van der Waals surface area contributed by atoms with Gasteiger partial charge in [0.15, 0.2) is 11.6 Å². The van der Waals surface area contributed by atoms with Gasteiger partial charge in [-0.15, -0.1) is 0 Å². The molecule has 0 radical (unpaired) electrons. The molecule has 0 aliphatic heterocycles. The molecule has 0 saturated heterocycles. The smallest absolute Gasteiger partial charge is 0.250 e. The summed E-state index contributed by atoms with van der Waals surface area (Å²) >= 11 is 38.1. The Kier molecular flexibility index (Phi) is 5.92. The van der Waals surface area contributed by atoms with Crippen molar-refractivity contribution in [3.63, 3.8) is 0 Å². The molecule has 0 aliphatic rings. The van der Waals surface area contributed by atoms with Crippen molar-refractivity contribution < 1.29 is 0 Å². The number of benzene rings is 1. The van der Waals surface area contributed by atoms with Crippen molar-refractivity contribution in [3.8, 4) is 0 Å². The van der Waals surface area contributed by atoms with Gasteiger partial charge in [-0.05, 0) is 18.2 Å². The molecular formula is C11H5BrCl6N4. The molecule has 0 atom stereocenters. The van der Waals surface area contributed by atoms with Crippen molar-refractivity contribution in [2.75, 3.05) is 5.32 Å². The number of nitrogens with zero attached hydrogens (tertiary/aromatic N) is 3. The molecule has 2 rings (SSSR count). The van der Waals surface area contributed by atoms with E-state index in [1.54, 1.807) is 12.1 Å². The molecule has 0 spiro atoms. The minimum atomic E-state index is -1.89. The summed E-state index contributed by atoms with van der Waals surface area (Å²) in [4.78, 5) is 11.9. The summed E-state index contributed by atoms with van der Waals surface area (Å²) in [6.45, 7) is 0. The summed E-state index contributed by atoms with van der Waals surface area (Å²) in [6.07, 6.45) is 0. The van der Waals surface area contributed by atoms with Crippen LogP contribution in [0.15, 0.2) is 28.7 Å². The summed E-state index contributed by atoms with van der Waals surface area (Å²) in [7, 11) is 0. The van der Waals surface area contributed by atoms with E-state index in [4.69, 9.17) is 69.6 Å². The molecule has 4 nitrogen and oxygen atoms in total. The molecule has 1 aromatic carbocycles. The number of aromatic nitrogens is 3. The second-order valence-corrected chi connectivity index (χ2v) is 9.42. The Morgan fingerprint density at radius 1 is 0.864 bits per heavy atom. The fourth-order valence-electron chi connectivity index (χ4n) is 1.38. The van der Waals surface area contributed by atoms with Crippen LogP contribution in [0.3, 0.4) is 0 Å². The number of hydrogen-bond acceptors (Lipinski definition) is 4. The van der Waals surface area contributed by atoms with Crippen LogP contribution in [0.5, 0.6) is 0 Å². The maximum absolute atomic E-state index is 5.79. The number of anilines is 2. The summed E-state index contributed by atoms with van der Waals surface area (Å²) in [5.74, 6) is -0.242. The van der Waals surface area contributed by atoms with E-state index in [1.165, 1.54) is 0 Å². The molecule has 0 saturated carbocycles. The molecule has 22 heavy (non-hydrogen) atoms. The van der Waals surface area contributed by atoms with Crippen molar-refractivity contribution in [2.45, 2.75) is 7.59 Å². The van der Waals surface area contributed by atoms with Crippen LogP contribution in [0.25, 0.3) is 0 Å². The lowest BCUT2D eigenvalue weighted by Crippen LogP contribution is -2.17. The highest BCUT2D eigenvalue weighted by atomic mass is 79.9. The predicted octanol–water partition coefficient (Wildman–Crippen LogP) is 6.03. The monoisotopic (exact) mass is 482 g/mol. The van der Waals surface area contributed by atoms with Gasteiger partial charge in [-0.1, -0.05) is 91.6 Å². The van der Waals surface area contributed by atoms with Crippen LogP contribution < -0.4 is 5.32 Å². The number of rotatable bonds is 2. The van der Waals surface area contributed by atoms with Crippen LogP contribution in [0, 0.1) is 0 Å². The van der Waals surface area contributed by atoms with Crippen LogP contribution in [-0.2, 0) is 7.59 Å². The maximum atomic E-state index is 5.79. The Bertz CT molecular complexity index is 653. The first-order valence-electron chi connectivity index (χ1n) is 5.49. The number of hydrogen-bond donors (Lipinski definition) is 1. The van der Waals surface area contributed by atoms with E-state index in [2.05, 4.69) is 36.2 Å². The highest BCUT2D eigenvalue weighted by Crippen LogP contribution is 2.40. The molecule has 11 heteroatoms. The third kappa shape index (κ3) is 5.13. The predicted molar refractivity (Wildman–Crippen MR) is 95.7 cm³/mol. The lowest BCUT2D eigenvalue weighted by Gasteiger charge is -2.16. The van der Waals surface area contributed by atoms with Gasteiger partial charge in [0.05, 0.1) is 0 Å². The molecule has 0 aliphatic carbocycles. The van der Waals surface area contributed by atoms with E-state index >= 15 is 0 Å². The lowest BCUT2D eigenvalue weighted by molar-refractivity contribution is 0.851. The third-order valence-corrected chi connectivity index (χ3v) is 3.73. The molecule has 0 amide bonds.